The Morgan fingerprint density at radius 1 is 1.78 bits per heavy atom. The number of ether oxygens (including phenoxy) is 1. The molecule has 1 saturated heterocycles. The van der Waals surface area contributed by atoms with Crippen LogP contribution in [0.25, 0.3) is 0 Å². The van der Waals surface area contributed by atoms with Crippen LogP contribution in [0.4, 0.5) is 0 Å². The number of Topliss-reactive ketones (excluding diaryl/α,β-unsaturated/α-hetero) is 1. The van der Waals surface area contributed by atoms with Gasteiger partial charge >= 0.3 is 0 Å². The normalized spacial score (nSPS) is 35.6. The van der Waals surface area contributed by atoms with Crippen LogP contribution in [0, 0.1) is 0 Å². The minimum absolute atomic E-state index is 0.0972. The Morgan fingerprint density at radius 2 is 2.44 bits per heavy atom. The molecule has 2 unspecified atom stereocenters. The average Bonchev–Trinajstić information content (AvgIpc) is 2.10. The lowest BCUT2D eigenvalue weighted by Crippen LogP contribution is -2.13. The van der Waals surface area contributed by atoms with Gasteiger partial charge in [-0.05, 0) is 13.3 Å². The second-order valence-electron chi connectivity index (χ2n) is 2.51. The van der Waals surface area contributed by atoms with Crippen LogP contribution in [0.5, 0.6) is 0 Å². The van der Waals surface area contributed by atoms with E-state index < -0.39 is 0 Å². The number of hydrogen-bond donors (Lipinski definition) is 0. The van der Waals surface area contributed by atoms with Crippen molar-refractivity contribution in [3.8, 4) is 0 Å². The van der Waals surface area contributed by atoms with Gasteiger partial charge < -0.3 is 4.74 Å². The fraction of sp³-hybridized carbons (Fsp3) is 0.857. The zero-order valence-electron chi connectivity index (χ0n) is 5.89. The topological polar surface area (TPSA) is 26.3 Å². The molecule has 1 heterocycles. The number of carbonyl (C=O) groups excluding carboxylic acids is 1. The monoisotopic (exact) mass is 128 g/mol. The Balaban J connectivity index is 2.48. The van der Waals surface area contributed by atoms with Gasteiger partial charge in [0.15, 0.2) is 5.78 Å². The summed E-state index contributed by atoms with van der Waals surface area (Å²) in [6, 6.07) is 0. The Labute approximate surface area is 55.2 Å². The summed E-state index contributed by atoms with van der Waals surface area (Å²) < 4.78 is 5.27. The summed E-state index contributed by atoms with van der Waals surface area (Å²) >= 11 is 0. The fourth-order valence-electron chi connectivity index (χ4n) is 1.14. The van der Waals surface area contributed by atoms with Gasteiger partial charge in [0.05, 0.1) is 6.10 Å². The van der Waals surface area contributed by atoms with E-state index in [0.29, 0.717) is 6.42 Å². The maximum absolute atomic E-state index is 10.9. The van der Waals surface area contributed by atoms with Crippen LogP contribution in [0.1, 0.15) is 26.7 Å². The molecule has 0 aromatic carbocycles. The van der Waals surface area contributed by atoms with Crippen molar-refractivity contribution in [2.75, 3.05) is 0 Å². The zero-order chi connectivity index (χ0) is 6.85. The van der Waals surface area contributed by atoms with Crippen molar-refractivity contribution < 1.29 is 9.53 Å². The van der Waals surface area contributed by atoms with Crippen molar-refractivity contribution in [2.24, 2.45) is 0 Å². The third-order valence-electron chi connectivity index (χ3n) is 1.62. The van der Waals surface area contributed by atoms with E-state index in [9.17, 15) is 4.79 Å². The average molecular weight is 128 g/mol. The molecule has 2 heteroatoms. The third-order valence-corrected chi connectivity index (χ3v) is 1.62. The fourth-order valence-corrected chi connectivity index (χ4v) is 1.14. The van der Waals surface area contributed by atoms with Gasteiger partial charge in [-0.2, -0.15) is 0 Å². The SMILES string of the molecule is CCC1OC(C)CC1=O. The van der Waals surface area contributed by atoms with Gasteiger partial charge in [-0.15, -0.1) is 0 Å². The van der Waals surface area contributed by atoms with Crippen LogP contribution < -0.4 is 0 Å². The molecule has 9 heavy (non-hydrogen) atoms. The Kier molecular flexibility index (Phi) is 1.86. The Bertz CT molecular complexity index is 120. The highest BCUT2D eigenvalue weighted by molar-refractivity contribution is 5.85. The van der Waals surface area contributed by atoms with Crippen LogP contribution in [0.3, 0.4) is 0 Å². The maximum atomic E-state index is 10.9. The van der Waals surface area contributed by atoms with Crippen molar-refractivity contribution >= 4 is 5.78 Å². The molecule has 0 aliphatic carbocycles. The second-order valence-corrected chi connectivity index (χ2v) is 2.51. The number of carbonyl (C=O) groups is 1. The first-order valence-electron chi connectivity index (χ1n) is 3.42. The molecule has 2 nitrogen and oxygen atoms in total. The summed E-state index contributed by atoms with van der Waals surface area (Å²) in [6.07, 6.45) is 1.49. The molecule has 2 atom stereocenters. The van der Waals surface area contributed by atoms with E-state index in [0.717, 1.165) is 6.42 Å². The highest BCUT2D eigenvalue weighted by Gasteiger charge is 2.28. The van der Waals surface area contributed by atoms with Gasteiger partial charge in [-0.3, -0.25) is 4.79 Å². The minimum Gasteiger partial charge on any atom is -0.367 e. The largest absolute Gasteiger partial charge is 0.367 e. The molecule has 1 aliphatic heterocycles. The van der Waals surface area contributed by atoms with E-state index in [4.69, 9.17) is 4.74 Å². The predicted octanol–water partition coefficient (Wildman–Crippen LogP) is 1.14. The molecule has 0 aromatic rings. The standard InChI is InChI=1S/C7H12O2/c1-3-7-6(8)4-5(2)9-7/h5,7H,3-4H2,1-2H3. The summed E-state index contributed by atoms with van der Waals surface area (Å²) in [5.41, 5.74) is 0. The van der Waals surface area contributed by atoms with Gasteiger partial charge in [0.1, 0.15) is 6.10 Å². The van der Waals surface area contributed by atoms with Gasteiger partial charge in [-0.1, -0.05) is 6.92 Å². The molecule has 0 bridgehead atoms. The zero-order valence-corrected chi connectivity index (χ0v) is 5.89. The predicted molar refractivity (Wildman–Crippen MR) is 34.2 cm³/mol. The molecule has 1 rings (SSSR count). The highest BCUT2D eigenvalue weighted by Crippen LogP contribution is 2.17. The number of ketones is 1. The van der Waals surface area contributed by atoms with Crippen LogP contribution in [0.2, 0.25) is 0 Å². The molecule has 52 valence electrons. The smallest absolute Gasteiger partial charge is 0.164 e. The lowest BCUT2D eigenvalue weighted by Gasteiger charge is -2.04. The summed E-state index contributed by atoms with van der Waals surface area (Å²) in [4.78, 5) is 10.9. The molecular weight excluding hydrogens is 116 g/mol. The Morgan fingerprint density at radius 3 is 2.67 bits per heavy atom. The molecular formula is C7H12O2. The van der Waals surface area contributed by atoms with Gasteiger partial charge in [0, 0.05) is 6.42 Å². The molecule has 0 amide bonds. The summed E-state index contributed by atoms with van der Waals surface area (Å²) in [5.74, 6) is 0.269. The van der Waals surface area contributed by atoms with Crippen molar-refractivity contribution in [2.45, 2.75) is 38.9 Å². The molecule has 0 N–H and O–H groups in total. The summed E-state index contributed by atoms with van der Waals surface area (Å²) in [6.45, 7) is 3.91. The van der Waals surface area contributed by atoms with E-state index in [1.807, 2.05) is 13.8 Å². The molecule has 0 radical (unpaired) electrons. The summed E-state index contributed by atoms with van der Waals surface area (Å²) in [5, 5.41) is 0. The Hall–Kier alpha value is -0.370. The van der Waals surface area contributed by atoms with Crippen LogP contribution >= 0.6 is 0 Å². The van der Waals surface area contributed by atoms with Crippen molar-refractivity contribution in [1.29, 1.82) is 0 Å². The number of hydrogen-bond acceptors (Lipinski definition) is 2. The van der Waals surface area contributed by atoms with Gasteiger partial charge in [0.2, 0.25) is 0 Å². The van der Waals surface area contributed by atoms with Crippen molar-refractivity contribution in [3.63, 3.8) is 0 Å². The summed E-state index contributed by atoms with van der Waals surface area (Å²) in [7, 11) is 0. The quantitative estimate of drug-likeness (QED) is 0.529. The molecule has 0 spiro atoms. The maximum Gasteiger partial charge on any atom is 0.164 e. The van der Waals surface area contributed by atoms with Gasteiger partial charge in [0.25, 0.3) is 0 Å². The highest BCUT2D eigenvalue weighted by atomic mass is 16.5. The second kappa shape index (κ2) is 2.48. The molecule has 1 fully saturated rings. The van der Waals surface area contributed by atoms with Crippen LogP contribution in [0.15, 0.2) is 0 Å². The third kappa shape index (κ3) is 1.30. The number of rotatable bonds is 1. The molecule has 0 saturated carbocycles. The first-order chi connectivity index (χ1) is 4.24. The first-order valence-corrected chi connectivity index (χ1v) is 3.42. The van der Waals surface area contributed by atoms with E-state index in [2.05, 4.69) is 0 Å². The van der Waals surface area contributed by atoms with E-state index >= 15 is 0 Å². The first kappa shape index (κ1) is 6.75. The molecule has 1 aliphatic rings. The van der Waals surface area contributed by atoms with Crippen LogP contribution in [-0.4, -0.2) is 18.0 Å². The van der Waals surface area contributed by atoms with E-state index in [-0.39, 0.29) is 18.0 Å². The van der Waals surface area contributed by atoms with Crippen molar-refractivity contribution in [1.82, 2.24) is 0 Å². The van der Waals surface area contributed by atoms with Crippen molar-refractivity contribution in [3.05, 3.63) is 0 Å². The van der Waals surface area contributed by atoms with Gasteiger partial charge in [-0.25, -0.2) is 0 Å². The lowest BCUT2D eigenvalue weighted by atomic mass is 10.1. The van der Waals surface area contributed by atoms with E-state index in [1.165, 1.54) is 0 Å². The molecule has 0 aromatic heterocycles. The minimum atomic E-state index is -0.0972. The lowest BCUT2D eigenvalue weighted by molar-refractivity contribution is -0.122. The van der Waals surface area contributed by atoms with E-state index in [1.54, 1.807) is 0 Å². The van der Waals surface area contributed by atoms with Crippen LogP contribution in [-0.2, 0) is 9.53 Å².